The highest BCUT2D eigenvalue weighted by Gasteiger charge is 2.21. The second-order valence-corrected chi connectivity index (χ2v) is 3.97. The van der Waals surface area contributed by atoms with Crippen LogP contribution in [0.4, 0.5) is 5.00 Å². The van der Waals surface area contributed by atoms with Crippen LogP contribution in [0.25, 0.3) is 0 Å². The van der Waals surface area contributed by atoms with E-state index in [4.69, 9.17) is 4.74 Å². The molecule has 14 heavy (non-hydrogen) atoms. The number of aromatic nitrogens is 2. The zero-order chi connectivity index (χ0) is 9.80. The van der Waals surface area contributed by atoms with E-state index in [2.05, 4.69) is 14.9 Å². The van der Waals surface area contributed by atoms with Crippen molar-refractivity contribution in [2.45, 2.75) is 12.8 Å². The van der Waals surface area contributed by atoms with Crippen LogP contribution < -0.4 is 5.32 Å². The summed E-state index contributed by atoms with van der Waals surface area (Å²) in [6.45, 7) is 1.30. The van der Waals surface area contributed by atoms with Crippen molar-refractivity contribution in [2.24, 2.45) is 5.92 Å². The standard InChI is InChI=1S/C8H11N3O2S/c12-8(6-2-1-3-13-5-6)10-7-4-9-11-14-7/h4,6H,1-3,5H2,(H,10,12)/t6-/m1/s1. The van der Waals surface area contributed by atoms with Crippen LogP contribution in [0.1, 0.15) is 12.8 Å². The molecule has 0 spiro atoms. The average Bonchev–Trinajstić information content (AvgIpc) is 2.72. The summed E-state index contributed by atoms with van der Waals surface area (Å²) in [4.78, 5) is 11.6. The maximum Gasteiger partial charge on any atom is 0.230 e. The Morgan fingerprint density at radius 3 is 3.29 bits per heavy atom. The van der Waals surface area contributed by atoms with E-state index >= 15 is 0 Å². The highest BCUT2D eigenvalue weighted by Crippen LogP contribution is 2.17. The van der Waals surface area contributed by atoms with Gasteiger partial charge in [0.15, 0.2) is 0 Å². The Kier molecular flexibility index (Phi) is 3.05. The van der Waals surface area contributed by atoms with E-state index in [9.17, 15) is 4.79 Å². The summed E-state index contributed by atoms with van der Waals surface area (Å²) in [5, 5.41) is 7.10. The van der Waals surface area contributed by atoms with Gasteiger partial charge < -0.3 is 10.1 Å². The van der Waals surface area contributed by atoms with Gasteiger partial charge in [-0.15, -0.1) is 5.10 Å². The summed E-state index contributed by atoms with van der Waals surface area (Å²) in [6, 6.07) is 0. The minimum atomic E-state index is -0.0224. The molecule has 0 aliphatic carbocycles. The van der Waals surface area contributed by atoms with Crippen molar-refractivity contribution >= 4 is 22.4 Å². The van der Waals surface area contributed by atoms with Gasteiger partial charge in [-0.3, -0.25) is 4.79 Å². The Labute approximate surface area is 85.6 Å². The molecule has 1 fully saturated rings. The van der Waals surface area contributed by atoms with E-state index in [-0.39, 0.29) is 11.8 Å². The topological polar surface area (TPSA) is 64.1 Å². The molecule has 2 rings (SSSR count). The molecule has 1 aromatic heterocycles. The number of carbonyl (C=O) groups is 1. The van der Waals surface area contributed by atoms with Crippen molar-refractivity contribution in [3.63, 3.8) is 0 Å². The summed E-state index contributed by atoms with van der Waals surface area (Å²) < 4.78 is 8.90. The fourth-order valence-electron chi connectivity index (χ4n) is 1.39. The predicted octanol–water partition coefficient (Wildman–Crippen LogP) is 0.903. The Bertz CT molecular complexity index is 296. The van der Waals surface area contributed by atoms with Crippen LogP contribution in [0.3, 0.4) is 0 Å². The number of nitrogens with zero attached hydrogens (tertiary/aromatic N) is 2. The van der Waals surface area contributed by atoms with Crippen molar-refractivity contribution in [2.75, 3.05) is 18.5 Å². The summed E-state index contributed by atoms with van der Waals surface area (Å²) in [7, 11) is 0. The first-order valence-corrected chi connectivity index (χ1v) is 5.29. The van der Waals surface area contributed by atoms with Crippen LogP contribution in [-0.4, -0.2) is 28.7 Å². The molecule has 1 amide bonds. The van der Waals surface area contributed by atoms with Crippen molar-refractivity contribution in [3.8, 4) is 0 Å². The van der Waals surface area contributed by atoms with E-state index < -0.39 is 0 Å². The van der Waals surface area contributed by atoms with Crippen LogP contribution in [0, 0.1) is 5.92 Å². The van der Waals surface area contributed by atoms with Crippen LogP contribution in [0.2, 0.25) is 0 Å². The van der Waals surface area contributed by atoms with E-state index in [0.29, 0.717) is 11.6 Å². The Balaban J connectivity index is 1.88. The lowest BCUT2D eigenvalue weighted by molar-refractivity contribution is -0.123. The SMILES string of the molecule is O=C(Nc1cnns1)[C@@H]1CCCOC1. The van der Waals surface area contributed by atoms with Gasteiger partial charge in [0.1, 0.15) is 5.00 Å². The molecule has 5 nitrogen and oxygen atoms in total. The van der Waals surface area contributed by atoms with E-state index in [1.165, 1.54) is 11.5 Å². The maximum atomic E-state index is 11.6. The summed E-state index contributed by atoms with van der Waals surface area (Å²) in [6.07, 6.45) is 3.41. The zero-order valence-corrected chi connectivity index (χ0v) is 8.42. The van der Waals surface area contributed by atoms with Gasteiger partial charge in [0.2, 0.25) is 5.91 Å². The summed E-state index contributed by atoms with van der Waals surface area (Å²) in [5.74, 6) is -0.0124. The van der Waals surface area contributed by atoms with Gasteiger partial charge in [0, 0.05) is 18.1 Å². The second-order valence-electron chi connectivity index (χ2n) is 3.19. The number of hydrogen-bond donors (Lipinski definition) is 1. The molecular formula is C8H11N3O2S. The molecule has 1 atom stereocenters. The number of ether oxygens (including phenoxy) is 1. The van der Waals surface area contributed by atoms with Crippen molar-refractivity contribution in [1.29, 1.82) is 0 Å². The maximum absolute atomic E-state index is 11.6. The van der Waals surface area contributed by atoms with E-state index in [1.54, 1.807) is 6.20 Å². The highest BCUT2D eigenvalue weighted by atomic mass is 32.1. The molecular weight excluding hydrogens is 202 g/mol. The van der Waals surface area contributed by atoms with Gasteiger partial charge >= 0.3 is 0 Å². The molecule has 0 aromatic carbocycles. The van der Waals surface area contributed by atoms with Gasteiger partial charge in [-0.25, -0.2) is 0 Å². The number of amides is 1. The largest absolute Gasteiger partial charge is 0.381 e. The molecule has 0 unspecified atom stereocenters. The van der Waals surface area contributed by atoms with Gasteiger partial charge in [-0.05, 0) is 12.8 Å². The first-order valence-electron chi connectivity index (χ1n) is 4.52. The van der Waals surface area contributed by atoms with Crippen LogP contribution >= 0.6 is 11.5 Å². The lowest BCUT2D eigenvalue weighted by atomic mass is 10.0. The van der Waals surface area contributed by atoms with Gasteiger partial charge in [-0.2, -0.15) is 0 Å². The van der Waals surface area contributed by atoms with Crippen molar-refractivity contribution in [3.05, 3.63) is 6.20 Å². The van der Waals surface area contributed by atoms with Gasteiger partial charge in [0.05, 0.1) is 18.7 Å². The van der Waals surface area contributed by atoms with Gasteiger partial charge in [0.25, 0.3) is 0 Å². The number of carbonyl (C=O) groups excluding carboxylic acids is 1. The average molecular weight is 213 g/mol. The second kappa shape index (κ2) is 4.47. The fraction of sp³-hybridized carbons (Fsp3) is 0.625. The molecule has 1 N–H and O–H groups in total. The van der Waals surface area contributed by atoms with Crippen LogP contribution in [-0.2, 0) is 9.53 Å². The van der Waals surface area contributed by atoms with Crippen molar-refractivity contribution in [1.82, 2.24) is 9.59 Å². The molecule has 1 aliphatic heterocycles. The zero-order valence-electron chi connectivity index (χ0n) is 7.60. The number of rotatable bonds is 2. The molecule has 1 aliphatic rings. The summed E-state index contributed by atoms with van der Waals surface area (Å²) in [5.41, 5.74) is 0. The third kappa shape index (κ3) is 2.27. The Morgan fingerprint density at radius 1 is 1.71 bits per heavy atom. The number of nitrogens with one attached hydrogen (secondary N) is 1. The van der Waals surface area contributed by atoms with Crippen molar-refractivity contribution < 1.29 is 9.53 Å². The lowest BCUT2D eigenvalue weighted by Crippen LogP contribution is -2.29. The Hall–Kier alpha value is -1.01. The van der Waals surface area contributed by atoms with E-state index in [1.807, 2.05) is 0 Å². The van der Waals surface area contributed by atoms with Crippen LogP contribution in [0.5, 0.6) is 0 Å². The molecule has 0 saturated carbocycles. The third-order valence-electron chi connectivity index (χ3n) is 2.14. The molecule has 1 aromatic rings. The smallest absolute Gasteiger partial charge is 0.230 e. The normalized spacial score (nSPS) is 21.9. The third-order valence-corrected chi connectivity index (χ3v) is 2.72. The quantitative estimate of drug-likeness (QED) is 0.792. The molecule has 2 heterocycles. The molecule has 0 radical (unpaired) electrons. The first kappa shape index (κ1) is 9.54. The minimum Gasteiger partial charge on any atom is -0.381 e. The molecule has 6 heteroatoms. The minimum absolute atomic E-state index is 0.00995. The van der Waals surface area contributed by atoms with Crippen LogP contribution in [0.15, 0.2) is 6.20 Å². The molecule has 1 saturated heterocycles. The monoisotopic (exact) mass is 213 g/mol. The predicted molar refractivity (Wildman–Crippen MR) is 52.1 cm³/mol. The van der Waals surface area contributed by atoms with E-state index in [0.717, 1.165) is 19.4 Å². The number of anilines is 1. The Morgan fingerprint density at radius 2 is 2.64 bits per heavy atom. The first-order chi connectivity index (χ1) is 6.86. The fourth-order valence-corrected chi connectivity index (χ4v) is 1.82. The highest BCUT2D eigenvalue weighted by molar-refractivity contribution is 7.10. The molecule has 0 bridgehead atoms. The number of hydrogen-bond acceptors (Lipinski definition) is 5. The molecule has 76 valence electrons. The van der Waals surface area contributed by atoms with Gasteiger partial charge in [-0.1, -0.05) is 4.49 Å². The summed E-state index contributed by atoms with van der Waals surface area (Å²) >= 11 is 1.18. The lowest BCUT2D eigenvalue weighted by Gasteiger charge is -2.20.